The van der Waals surface area contributed by atoms with Crippen molar-refractivity contribution in [2.24, 2.45) is 11.8 Å². The molecule has 0 radical (unpaired) electrons. The van der Waals surface area contributed by atoms with Gasteiger partial charge < -0.3 is 9.47 Å². The molecule has 0 aliphatic heterocycles. The van der Waals surface area contributed by atoms with Gasteiger partial charge in [-0.15, -0.1) is 0 Å². The van der Waals surface area contributed by atoms with Crippen molar-refractivity contribution >= 4 is 28.6 Å². The monoisotopic (exact) mass is 382 g/mol. The van der Waals surface area contributed by atoms with Gasteiger partial charge in [-0.3, -0.25) is 4.79 Å². The highest BCUT2D eigenvalue weighted by Gasteiger charge is 2.30. The van der Waals surface area contributed by atoms with Crippen LogP contribution in [0.15, 0.2) is 0 Å². The Bertz CT molecular complexity index is 273. The zero-order valence-electron chi connectivity index (χ0n) is 12.4. The molecule has 0 aromatic rings. The summed E-state index contributed by atoms with van der Waals surface area (Å²) in [6.45, 7) is 7.43. The number of halogens is 1. The van der Waals surface area contributed by atoms with Gasteiger partial charge in [0.05, 0.1) is 5.92 Å². The standard InChI is InChI=1S/C15H27IO3/c1-15(2,3)19-14(17)13-7-4-6-12(10-13)11-18-9-5-8-16/h12-13H,4-11H2,1-3H3. The number of carbonyl (C=O) groups excluding carboxylic acids is 1. The van der Waals surface area contributed by atoms with Gasteiger partial charge in [-0.2, -0.15) is 0 Å². The lowest BCUT2D eigenvalue weighted by molar-refractivity contribution is -0.162. The second-order valence-corrected chi connectivity index (χ2v) is 7.46. The van der Waals surface area contributed by atoms with E-state index in [2.05, 4.69) is 22.6 Å². The Morgan fingerprint density at radius 1 is 1.32 bits per heavy atom. The summed E-state index contributed by atoms with van der Waals surface area (Å²) in [6.07, 6.45) is 5.31. The van der Waals surface area contributed by atoms with Gasteiger partial charge in [-0.25, -0.2) is 0 Å². The van der Waals surface area contributed by atoms with Gasteiger partial charge in [0.25, 0.3) is 0 Å². The van der Waals surface area contributed by atoms with Crippen molar-refractivity contribution < 1.29 is 14.3 Å². The number of esters is 1. The predicted octanol–water partition coefficient (Wildman–Crippen LogP) is 3.98. The van der Waals surface area contributed by atoms with E-state index in [0.29, 0.717) is 5.92 Å². The molecule has 0 amide bonds. The Morgan fingerprint density at radius 2 is 2.05 bits per heavy atom. The number of rotatable bonds is 6. The minimum atomic E-state index is -0.374. The van der Waals surface area contributed by atoms with Crippen molar-refractivity contribution in [2.75, 3.05) is 17.6 Å². The predicted molar refractivity (Wildman–Crippen MR) is 85.6 cm³/mol. The molecule has 112 valence electrons. The molecule has 0 aromatic heterocycles. The van der Waals surface area contributed by atoms with Crippen molar-refractivity contribution in [3.8, 4) is 0 Å². The first-order chi connectivity index (χ1) is 8.92. The molecule has 0 N–H and O–H groups in total. The summed E-state index contributed by atoms with van der Waals surface area (Å²) >= 11 is 2.36. The summed E-state index contributed by atoms with van der Waals surface area (Å²) in [6, 6.07) is 0. The molecule has 4 heteroatoms. The van der Waals surface area contributed by atoms with Crippen molar-refractivity contribution in [2.45, 2.75) is 58.5 Å². The molecule has 19 heavy (non-hydrogen) atoms. The van der Waals surface area contributed by atoms with Crippen LogP contribution in [0.5, 0.6) is 0 Å². The van der Waals surface area contributed by atoms with E-state index in [1.54, 1.807) is 0 Å². The molecule has 2 unspecified atom stereocenters. The van der Waals surface area contributed by atoms with Crippen LogP contribution in [0.1, 0.15) is 52.9 Å². The third kappa shape index (κ3) is 7.49. The van der Waals surface area contributed by atoms with Gasteiger partial charge in [0, 0.05) is 17.6 Å². The maximum Gasteiger partial charge on any atom is 0.309 e. The van der Waals surface area contributed by atoms with Crippen molar-refractivity contribution in [1.29, 1.82) is 0 Å². The van der Waals surface area contributed by atoms with E-state index in [1.807, 2.05) is 20.8 Å². The van der Waals surface area contributed by atoms with Crippen molar-refractivity contribution in [3.63, 3.8) is 0 Å². The topological polar surface area (TPSA) is 35.5 Å². The maximum absolute atomic E-state index is 12.1. The van der Waals surface area contributed by atoms with Gasteiger partial charge in [0.15, 0.2) is 0 Å². The van der Waals surface area contributed by atoms with E-state index in [1.165, 1.54) is 6.42 Å². The lowest BCUT2D eigenvalue weighted by Gasteiger charge is -2.30. The fraction of sp³-hybridized carbons (Fsp3) is 0.933. The lowest BCUT2D eigenvalue weighted by atomic mass is 9.82. The van der Waals surface area contributed by atoms with Gasteiger partial charge >= 0.3 is 5.97 Å². The quantitative estimate of drug-likeness (QED) is 0.302. The maximum atomic E-state index is 12.1. The molecule has 1 saturated carbocycles. The average Bonchev–Trinajstić information content (AvgIpc) is 2.33. The zero-order valence-corrected chi connectivity index (χ0v) is 14.6. The van der Waals surface area contributed by atoms with E-state index >= 15 is 0 Å². The second-order valence-electron chi connectivity index (χ2n) is 6.38. The first-order valence-electron chi connectivity index (χ1n) is 7.29. The van der Waals surface area contributed by atoms with E-state index in [0.717, 1.165) is 43.3 Å². The van der Waals surface area contributed by atoms with Crippen molar-refractivity contribution in [1.82, 2.24) is 0 Å². The molecule has 0 aromatic carbocycles. The molecule has 0 spiro atoms. The number of carbonyl (C=O) groups is 1. The van der Waals surface area contributed by atoms with Crippen LogP contribution in [-0.2, 0) is 14.3 Å². The Kier molecular flexibility index (Phi) is 7.65. The van der Waals surface area contributed by atoms with Crippen LogP contribution < -0.4 is 0 Å². The fourth-order valence-electron chi connectivity index (χ4n) is 2.45. The van der Waals surface area contributed by atoms with Crippen LogP contribution in [0.25, 0.3) is 0 Å². The van der Waals surface area contributed by atoms with E-state index in [9.17, 15) is 4.79 Å². The highest BCUT2D eigenvalue weighted by atomic mass is 127. The third-order valence-electron chi connectivity index (χ3n) is 3.30. The number of hydrogen-bond donors (Lipinski definition) is 0. The van der Waals surface area contributed by atoms with Gasteiger partial charge in [0.2, 0.25) is 0 Å². The molecule has 1 aliphatic rings. The minimum Gasteiger partial charge on any atom is -0.460 e. The number of hydrogen-bond acceptors (Lipinski definition) is 3. The first kappa shape index (κ1) is 17.2. The molecule has 0 heterocycles. The van der Waals surface area contributed by atoms with Gasteiger partial charge in [0.1, 0.15) is 5.60 Å². The molecular formula is C15H27IO3. The van der Waals surface area contributed by atoms with Crippen molar-refractivity contribution in [3.05, 3.63) is 0 Å². The largest absolute Gasteiger partial charge is 0.460 e. The van der Waals surface area contributed by atoms with E-state index in [4.69, 9.17) is 9.47 Å². The van der Waals surface area contributed by atoms with Crippen LogP contribution in [0.3, 0.4) is 0 Å². The molecule has 1 fully saturated rings. The smallest absolute Gasteiger partial charge is 0.309 e. The Labute approximate surface area is 130 Å². The van der Waals surface area contributed by atoms with Crippen LogP contribution in [-0.4, -0.2) is 29.2 Å². The molecule has 2 atom stereocenters. The number of ether oxygens (including phenoxy) is 2. The lowest BCUT2D eigenvalue weighted by Crippen LogP contribution is -2.32. The highest BCUT2D eigenvalue weighted by molar-refractivity contribution is 14.1. The van der Waals surface area contributed by atoms with Crippen LogP contribution >= 0.6 is 22.6 Å². The third-order valence-corrected chi connectivity index (χ3v) is 4.06. The Balaban J connectivity index is 2.31. The first-order valence-corrected chi connectivity index (χ1v) is 8.81. The minimum absolute atomic E-state index is 0.0236. The normalized spacial score (nSPS) is 24.2. The van der Waals surface area contributed by atoms with E-state index < -0.39 is 0 Å². The SMILES string of the molecule is CC(C)(C)OC(=O)C1CCCC(COCCCI)C1. The average molecular weight is 382 g/mol. The summed E-state index contributed by atoms with van der Waals surface area (Å²) in [5.41, 5.74) is -0.374. The van der Waals surface area contributed by atoms with Crippen LogP contribution in [0.4, 0.5) is 0 Å². The molecule has 0 bridgehead atoms. The summed E-state index contributed by atoms with van der Waals surface area (Å²) in [7, 11) is 0. The Morgan fingerprint density at radius 3 is 2.68 bits per heavy atom. The molecular weight excluding hydrogens is 355 g/mol. The van der Waals surface area contributed by atoms with Gasteiger partial charge in [-0.1, -0.05) is 29.0 Å². The fourth-order valence-corrected chi connectivity index (χ4v) is 2.76. The van der Waals surface area contributed by atoms with Crippen LogP contribution in [0.2, 0.25) is 0 Å². The highest BCUT2D eigenvalue weighted by Crippen LogP contribution is 2.31. The molecule has 3 nitrogen and oxygen atoms in total. The van der Waals surface area contributed by atoms with Crippen LogP contribution in [0, 0.1) is 11.8 Å². The summed E-state index contributed by atoms with van der Waals surface area (Å²) < 4.78 is 12.3. The summed E-state index contributed by atoms with van der Waals surface area (Å²) in [5.74, 6) is 0.580. The molecule has 0 saturated heterocycles. The summed E-state index contributed by atoms with van der Waals surface area (Å²) in [4.78, 5) is 12.1. The summed E-state index contributed by atoms with van der Waals surface area (Å²) in [5, 5.41) is 0. The van der Waals surface area contributed by atoms with Gasteiger partial charge in [-0.05, 0) is 52.4 Å². The molecule has 1 aliphatic carbocycles. The Hall–Kier alpha value is 0.160. The van der Waals surface area contributed by atoms with E-state index in [-0.39, 0.29) is 17.5 Å². The molecule has 1 rings (SSSR count). The number of alkyl halides is 1. The zero-order chi connectivity index (χ0) is 14.3. The second kappa shape index (κ2) is 8.45.